The minimum atomic E-state index is -0.477. The molecule has 2 N–H and O–H groups in total. The number of nitrogens with one attached hydrogen (secondary N) is 2. The number of nitrogens with zero attached hydrogens (tertiary/aromatic N) is 1. The molecule has 0 bridgehead atoms. The molecule has 0 aliphatic heterocycles. The number of carbonyl (C=O) groups is 1. The molecular formula is C30H27N3O3S2. The summed E-state index contributed by atoms with van der Waals surface area (Å²) in [6.07, 6.45) is -0.477. The number of H-pyrrole nitrogens is 1. The molecular weight excluding hydrogens is 514 g/mol. The van der Waals surface area contributed by atoms with Crippen molar-refractivity contribution < 1.29 is 14.3 Å². The lowest BCUT2D eigenvalue weighted by Gasteiger charge is -2.11. The van der Waals surface area contributed by atoms with Gasteiger partial charge < -0.3 is 14.5 Å². The number of carbonyl (C=O) groups excluding carboxylic acids is 1. The summed E-state index contributed by atoms with van der Waals surface area (Å²) in [5.74, 6) is 2.95. The lowest BCUT2D eigenvalue weighted by atomic mass is 10.1. The molecule has 0 saturated heterocycles. The highest BCUT2D eigenvalue weighted by Gasteiger charge is 2.09. The molecule has 8 heteroatoms. The molecule has 192 valence electrons. The van der Waals surface area contributed by atoms with Crippen molar-refractivity contribution in [1.29, 1.82) is 0 Å². The van der Waals surface area contributed by atoms with Gasteiger partial charge in [0.1, 0.15) is 18.1 Å². The highest BCUT2D eigenvalue weighted by Crippen LogP contribution is 2.29. The van der Waals surface area contributed by atoms with Gasteiger partial charge in [0.2, 0.25) is 0 Å². The summed E-state index contributed by atoms with van der Waals surface area (Å²) in [6.45, 7) is 2.44. The molecule has 1 amide bonds. The van der Waals surface area contributed by atoms with E-state index in [0.29, 0.717) is 23.8 Å². The molecule has 6 nitrogen and oxygen atoms in total. The van der Waals surface area contributed by atoms with Crippen molar-refractivity contribution in [1.82, 2.24) is 9.97 Å². The Morgan fingerprint density at radius 1 is 0.868 bits per heavy atom. The third-order valence-electron chi connectivity index (χ3n) is 5.78. The molecule has 5 aromatic rings. The van der Waals surface area contributed by atoms with Gasteiger partial charge in [-0.25, -0.2) is 9.78 Å². The number of imidazole rings is 1. The predicted molar refractivity (Wildman–Crippen MR) is 155 cm³/mol. The zero-order valence-electron chi connectivity index (χ0n) is 20.8. The third kappa shape index (κ3) is 6.90. The summed E-state index contributed by atoms with van der Waals surface area (Å²) in [6, 6.07) is 31.1. The fourth-order valence-electron chi connectivity index (χ4n) is 3.79. The lowest BCUT2D eigenvalue weighted by Crippen LogP contribution is -2.15. The molecule has 0 aliphatic carbocycles. The first-order chi connectivity index (χ1) is 18.6. The average Bonchev–Trinajstić information content (AvgIpc) is 3.36. The van der Waals surface area contributed by atoms with Gasteiger partial charge in [-0.2, -0.15) is 0 Å². The first kappa shape index (κ1) is 25.8. The minimum Gasteiger partial charge on any atom is -0.457 e. The van der Waals surface area contributed by atoms with Crippen LogP contribution in [0.25, 0.3) is 11.0 Å². The van der Waals surface area contributed by atoms with Gasteiger partial charge in [-0.3, -0.25) is 5.32 Å². The largest absolute Gasteiger partial charge is 0.457 e. The van der Waals surface area contributed by atoms with Crippen LogP contribution in [0.3, 0.4) is 0 Å². The van der Waals surface area contributed by atoms with Crippen LogP contribution in [0, 0.1) is 6.92 Å². The number of ether oxygens (including phenoxy) is 2. The van der Waals surface area contributed by atoms with Gasteiger partial charge in [-0.15, -0.1) is 11.8 Å². The fourth-order valence-corrected chi connectivity index (χ4v) is 5.65. The van der Waals surface area contributed by atoms with Gasteiger partial charge in [0.15, 0.2) is 5.16 Å². The van der Waals surface area contributed by atoms with E-state index in [4.69, 9.17) is 9.47 Å². The first-order valence-electron chi connectivity index (χ1n) is 12.2. The van der Waals surface area contributed by atoms with Crippen LogP contribution in [-0.2, 0) is 10.5 Å². The second-order valence-corrected chi connectivity index (χ2v) is 10.5. The summed E-state index contributed by atoms with van der Waals surface area (Å²) in [4.78, 5) is 21.4. The fraction of sp³-hybridized carbons (Fsp3) is 0.133. The van der Waals surface area contributed by atoms with Crippen LogP contribution in [-0.4, -0.2) is 28.4 Å². The third-order valence-corrected chi connectivity index (χ3v) is 7.83. The molecule has 4 aromatic carbocycles. The van der Waals surface area contributed by atoms with E-state index in [1.54, 1.807) is 47.8 Å². The van der Waals surface area contributed by atoms with Gasteiger partial charge in [-0.1, -0.05) is 54.2 Å². The Kier molecular flexibility index (Phi) is 8.53. The van der Waals surface area contributed by atoms with Crippen LogP contribution < -0.4 is 10.1 Å². The van der Waals surface area contributed by atoms with Crippen molar-refractivity contribution in [2.45, 2.75) is 22.7 Å². The van der Waals surface area contributed by atoms with E-state index in [1.165, 1.54) is 16.0 Å². The maximum absolute atomic E-state index is 12.2. The minimum absolute atomic E-state index is 0.309. The lowest BCUT2D eigenvalue weighted by molar-refractivity contribution is 0.169. The molecule has 0 atom stereocenters. The number of hydrogen-bond donors (Lipinski definition) is 2. The molecule has 38 heavy (non-hydrogen) atoms. The van der Waals surface area contributed by atoms with Gasteiger partial charge in [0.25, 0.3) is 0 Å². The topological polar surface area (TPSA) is 76.2 Å². The van der Waals surface area contributed by atoms with Crippen LogP contribution in [0.1, 0.15) is 11.1 Å². The van der Waals surface area contributed by atoms with Crippen molar-refractivity contribution in [2.24, 2.45) is 0 Å². The van der Waals surface area contributed by atoms with Crippen LogP contribution >= 0.6 is 23.5 Å². The quantitative estimate of drug-likeness (QED) is 0.137. The second-order valence-electron chi connectivity index (χ2n) is 8.44. The van der Waals surface area contributed by atoms with Crippen LogP contribution in [0.15, 0.2) is 107 Å². The number of rotatable bonds is 10. The normalized spacial score (nSPS) is 10.9. The Bertz CT molecular complexity index is 1470. The molecule has 5 rings (SSSR count). The first-order valence-corrected chi connectivity index (χ1v) is 14.2. The van der Waals surface area contributed by atoms with E-state index in [-0.39, 0.29) is 0 Å². The smallest absolute Gasteiger partial charge is 0.411 e. The molecule has 0 aliphatic rings. The number of aromatic nitrogens is 2. The SMILES string of the molecule is Cc1c(CSc2nc3ccccc3[nH]2)cccc1SCCOC(=O)Nc1ccc(Oc2ccccc2)cc1. The van der Waals surface area contributed by atoms with Gasteiger partial charge in [-0.05, 0) is 72.6 Å². The summed E-state index contributed by atoms with van der Waals surface area (Å²) in [7, 11) is 0. The van der Waals surface area contributed by atoms with Crippen molar-refractivity contribution in [3.63, 3.8) is 0 Å². The Morgan fingerprint density at radius 2 is 1.63 bits per heavy atom. The van der Waals surface area contributed by atoms with Crippen LogP contribution in [0.5, 0.6) is 11.5 Å². The van der Waals surface area contributed by atoms with Crippen LogP contribution in [0.4, 0.5) is 10.5 Å². The molecule has 0 radical (unpaired) electrons. The number of thioether (sulfide) groups is 2. The second kappa shape index (κ2) is 12.6. The molecule has 0 unspecified atom stereocenters. The Balaban J connectivity index is 1.06. The summed E-state index contributed by atoms with van der Waals surface area (Å²) in [5, 5.41) is 3.67. The van der Waals surface area contributed by atoms with E-state index >= 15 is 0 Å². The van der Waals surface area contributed by atoms with Gasteiger partial charge in [0, 0.05) is 22.1 Å². The maximum atomic E-state index is 12.2. The molecule has 0 fully saturated rings. The molecule has 1 aromatic heterocycles. The van der Waals surface area contributed by atoms with E-state index in [1.807, 2.05) is 54.6 Å². The summed E-state index contributed by atoms with van der Waals surface area (Å²) >= 11 is 3.38. The number of para-hydroxylation sites is 3. The number of anilines is 1. The molecule has 0 saturated carbocycles. The molecule has 1 heterocycles. The molecule has 0 spiro atoms. The van der Waals surface area contributed by atoms with Crippen molar-refractivity contribution in [3.8, 4) is 11.5 Å². The van der Waals surface area contributed by atoms with E-state index in [0.717, 1.165) is 27.7 Å². The highest BCUT2D eigenvalue weighted by atomic mass is 32.2. The summed E-state index contributed by atoms with van der Waals surface area (Å²) < 4.78 is 11.2. The zero-order valence-corrected chi connectivity index (χ0v) is 22.5. The maximum Gasteiger partial charge on any atom is 0.411 e. The highest BCUT2D eigenvalue weighted by molar-refractivity contribution is 7.99. The standard InChI is InChI=1S/C30H27N3O3S2/c1-21-22(20-38-29-32-26-11-5-6-12-27(26)33-29)8-7-13-28(21)37-19-18-35-30(34)31-23-14-16-25(17-15-23)36-24-9-3-2-4-10-24/h2-17H,18-20H2,1H3,(H,31,34)(H,32,33). The monoisotopic (exact) mass is 541 g/mol. The van der Waals surface area contributed by atoms with Crippen LogP contribution in [0.2, 0.25) is 0 Å². The Hall–Kier alpha value is -3.88. The number of benzene rings is 4. The van der Waals surface area contributed by atoms with E-state index < -0.39 is 6.09 Å². The average molecular weight is 542 g/mol. The van der Waals surface area contributed by atoms with Crippen molar-refractivity contribution in [2.75, 3.05) is 17.7 Å². The number of fused-ring (bicyclic) bond motifs is 1. The predicted octanol–water partition coefficient (Wildman–Crippen LogP) is 8.30. The van der Waals surface area contributed by atoms with Crippen molar-refractivity contribution in [3.05, 3.63) is 108 Å². The summed E-state index contributed by atoms with van der Waals surface area (Å²) in [5.41, 5.74) is 5.18. The van der Waals surface area contributed by atoms with Gasteiger partial charge >= 0.3 is 6.09 Å². The number of amides is 1. The zero-order chi connectivity index (χ0) is 26.2. The van der Waals surface area contributed by atoms with Gasteiger partial charge in [0.05, 0.1) is 11.0 Å². The Labute approximate surface area is 230 Å². The van der Waals surface area contributed by atoms with Crippen molar-refractivity contribution >= 4 is 46.3 Å². The van der Waals surface area contributed by atoms with E-state index in [2.05, 4.69) is 40.4 Å². The Morgan fingerprint density at radius 3 is 2.45 bits per heavy atom. The van der Waals surface area contributed by atoms with E-state index in [9.17, 15) is 4.79 Å². The number of hydrogen-bond acceptors (Lipinski definition) is 6. The number of aromatic amines is 1.